The van der Waals surface area contributed by atoms with Crippen LogP contribution in [0.1, 0.15) is 37.5 Å². The van der Waals surface area contributed by atoms with Crippen LogP contribution < -0.4 is 0 Å². The van der Waals surface area contributed by atoms with Gasteiger partial charge in [-0.05, 0) is 22.6 Å². The Balaban J connectivity index is 3.50. The highest BCUT2D eigenvalue weighted by molar-refractivity contribution is 9.10. The summed E-state index contributed by atoms with van der Waals surface area (Å²) in [5.74, 6) is 0. The Labute approximate surface area is 105 Å². The molecule has 0 bridgehead atoms. The first kappa shape index (κ1) is 12.7. The second-order valence-electron chi connectivity index (χ2n) is 4.66. The van der Waals surface area contributed by atoms with E-state index in [0.29, 0.717) is 12.0 Å². The molecule has 0 saturated heterocycles. The van der Waals surface area contributed by atoms with E-state index in [0.717, 1.165) is 15.6 Å². The first-order valence-electron chi connectivity index (χ1n) is 5.00. The summed E-state index contributed by atoms with van der Waals surface area (Å²) in [7, 11) is 0. The van der Waals surface area contributed by atoms with E-state index in [1.807, 2.05) is 6.07 Å². The lowest BCUT2D eigenvalue weighted by atomic mass is 9.83. The van der Waals surface area contributed by atoms with Gasteiger partial charge in [-0.25, -0.2) is 0 Å². The van der Waals surface area contributed by atoms with E-state index < -0.39 is 0 Å². The second-order valence-corrected chi connectivity index (χ2v) is 5.45. The van der Waals surface area contributed by atoms with E-state index in [2.05, 4.69) is 48.8 Å². The molecular weight excluding hydrogens is 264 g/mol. The van der Waals surface area contributed by atoms with Crippen LogP contribution in [0.2, 0.25) is 0 Å². The van der Waals surface area contributed by atoms with Gasteiger partial charge < -0.3 is 0 Å². The van der Waals surface area contributed by atoms with Crippen molar-refractivity contribution in [3.05, 3.63) is 33.3 Å². The number of nitriles is 2. The number of nitrogens with zero attached hydrogens (tertiary/aromatic N) is 2. The summed E-state index contributed by atoms with van der Waals surface area (Å²) < 4.78 is 0.889. The Morgan fingerprint density at radius 3 is 2.31 bits per heavy atom. The van der Waals surface area contributed by atoms with Gasteiger partial charge in [0.15, 0.2) is 0 Å². The van der Waals surface area contributed by atoms with Crippen LogP contribution in [0.15, 0.2) is 16.6 Å². The fourth-order valence-electron chi connectivity index (χ4n) is 1.67. The van der Waals surface area contributed by atoms with Crippen molar-refractivity contribution >= 4 is 15.9 Å². The fraction of sp³-hybridized carbons (Fsp3) is 0.385. The van der Waals surface area contributed by atoms with Crippen molar-refractivity contribution < 1.29 is 0 Å². The van der Waals surface area contributed by atoms with E-state index in [1.54, 1.807) is 6.07 Å². The molecule has 0 amide bonds. The summed E-state index contributed by atoms with van der Waals surface area (Å²) in [6.45, 7) is 6.18. The summed E-state index contributed by atoms with van der Waals surface area (Å²) in [6, 6.07) is 7.95. The predicted octanol–water partition coefficient (Wildman–Crippen LogP) is 3.68. The molecule has 0 aliphatic carbocycles. The Morgan fingerprint density at radius 2 is 1.88 bits per heavy atom. The molecule has 0 aromatic heterocycles. The van der Waals surface area contributed by atoms with E-state index in [-0.39, 0.29) is 5.41 Å². The molecule has 0 heterocycles. The third kappa shape index (κ3) is 2.43. The molecule has 1 aromatic carbocycles. The molecule has 0 radical (unpaired) electrons. The summed E-state index contributed by atoms with van der Waals surface area (Å²) in [6.07, 6.45) is 0.357. The highest BCUT2D eigenvalue weighted by Crippen LogP contribution is 2.35. The first-order chi connectivity index (χ1) is 7.41. The summed E-state index contributed by atoms with van der Waals surface area (Å²) in [4.78, 5) is 0. The molecule has 3 heteroatoms. The maximum absolute atomic E-state index is 9.09. The Kier molecular flexibility index (Phi) is 3.73. The van der Waals surface area contributed by atoms with Gasteiger partial charge in [0.05, 0.1) is 24.1 Å². The van der Waals surface area contributed by atoms with Crippen LogP contribution in [0.25, 0.3) is 0 Å². The zero-order chi connectivity index (χ0) is 12.3. The summed E-state index contributed by atoms with van der Waals surface area (Å²) >= 11 is 3.51. The molecule has 0 unspecified atom stereocenters. The molecule has 0 atom stereocenters. The highest BCUT2D eigenvalue weighted by atomic mass is 79.9. The normalized spacial score (nSPS) is 10.6. The smallest absolute Gasteiger partial charge is 0.0995 e. The van der Waals surface area contributed by atoms with Crippen molar-refractivity contribution in [3.63, 3.8) is 0 Å². The minimum atomic E-state index is -0.116. The molecule has 0 N–H and O–H groups in total. The number of hydrogen-bond acceptors (Lipinski definition) is 2. The van der Waals surface area contributed by atoms with Crippen LogP contribution in [-0.4, -0.2) is 0 Å². The number of benzene rings is 1. The molecule has 16 heavy (non-hydrogen) atoms. The quantitative estimate of drug-likeness (QED) is 0.786. The van der Waals surface area contributed by atoms with Crippen molar-refractivity contribution in [3.8, 4) is 12.1 Å². The maximum atomic E-state index is 9.09. The van der Waals surface area contributed by atoms with Crippen LogP contribution in [0.3, 0.4) is 0 Å². The third-order valence-corrected chi connectivity index (χ3v) is 3.27. The molecule has 0 spiro atoms. The third-order valence-electron chi connectivity index (χ3n) is 2.36. The minimum Gasteiger partial charge on any atom is -0.198 e. The largest absolute Gasteiger partial charge is 0.198 e. The molecular formula is C13H13BrN2. The second kappa shape index (κ2) is 4.68. The van der Waals surface area contributed by atoms with Gasteiger partial charge in [-0.1, -0.05) is 42.8 Å². The minimum absolute atomic E-state index is 0.116. The van der Waals surface area contributed by atoms with Crippen molar-refractivity contribution in [1.82, 2.24) is 0 Å². The Morgan fingerprint density at radius 1 is 1.25 bits per heavy atom. The zero-order valence-corrected chi connectivity index (χ0v) is 11.2. The van der Waals surface area contributed by atoms with Gasteiger partial charge in [0.25, 0.3) is 0 Å². The van der Waals surface area contributed by atoms with Crippen LogP contribution in [0.4, 0.5) is 0 Å². The lowest BCUT2D eigenvalue weighted by Crippen LogP contribution is -2.15. The molecule has 82 valence electrons. The van der Waals surface area contributed by atoms with E-state index in [1.165, 1.54) is 0 Å². The molecule has 1 rings (SSSR count). The summed E-state index contributed by atoms with van der Waals surface area (Å²) in [5.41, 5.74) is 2.46. The zero-order valence-electron chi connectivity index (χ0n) is 9.63. The Hall–Kier alpha value is -1.32. The van der Waals surface area contributed by atoms with Crippen molar-refractivity contribution in [2.75, 3.05) is 0 Å². The van der Waals surface area contributed by atoms with Crippen molar-refractivity contribution in [2.24, 2.45) is 0 Å². The van der Waals surface area contributed by atoms with Crippen LogP contribution >= 0.6 is 15.9 Å². The number of halogens is 1. The van der Waals surface area contributed by atoms with Gasteiger partial charge in [0.1, 0.15) is 0 Å². The van der Waals surface area contributed by atoms with Crippen LogP contribution in [0.5, 0.6) is 0 Å². The molecule has 1 aromatic rings. The lowest BCUT2D eigenvalue weighted by molar-refractivity contribution is 0.584. The first-order valence-corrected chi connectivity index (χ1v) is 5.80. The van der Waals surface area contributed by atoms with E-state index in [9.17, 15) is 0 Å². The standard InChI is InChI=1S/C13H13BrN2/c1-13(2,3)11-10(8-16)5-4-9(6-7-15)12(11)14/h4-5H,6H2,1-3H3. The number of rotatable bonds is 1. The van der Waals surface area contributed by atoms with Gasteiger partial charge >= 0.3 is 0 Å². The van der Waals surface area contributed by atoms with Crippen molar-refractivity contribution in [1.29, 1.82) is 10.5 Å². The molecule has 0 aliphatic rings. The highest BCUT2D eigenvalue weighted by Gasteiger charge is 2.22. The van der Waals surface area contributed by atoms with Crippen LogP contribution in [0, 0.1) is 22.7 Å². The van der Waals surface area contributed by atoms with E-state index >= 15 is 0 Å². The van der Waals surface area contributed by atoms with Gasteiger partial charge in [-0.15, -0.1) is 0 Å². The SMILES string of the molecule is CC(C)(C)c1c(C#N)ccc(CC#N)c1Br. The Bertz CT molecular complexity index is 484. The molecule has 2 nitrogen and oxygen atoms in total. The fourth-order valence-corrected chi connectivity index (χ4v) is 2.75. The van der Waals surface area contributed by atoms with Gasteiger partial charge in [-0.3, -0.25) is 0 Å². The van der Waals surface area contributed by atoms with Crippen LogP contribution in [-0.2, 0) is 11.8 Å². The molecule has 0 saturated carbocycles. The maximum Gasteiger partial charge on any atom is 0.0995 e. The topological polar surface area (TPSA) is 47.6 Å². The molecule has 0 fully saturated rings. The monoisotopic (exact) mass is 276 g/mol. The number of hydrogen-bond donors (Lipinski definition) is 0. The molecule has 0 aliphatic heterocycles. The van der Waals surface area contributed by atoms with E-state index in [4.69, 9.17) is 10.5 Å². The van der Waals surface area contributed by atoms with Gasteiger partial charge in [0.2, 0.25) is 0 Å². The van der Waals surface area contributed by atoms with Crippen molar-refractivity contribution in [2.45, 2.75) is 32.6 Å². The average Bonchev–Trinajstić information content (AvgIpc) is 2.19. The van der Waals surface area contributed by atoms with Gasteiger partial charge in [-0.2, -0.15) is 10.5 Å². The predicted molar refractivity (Wildman–Crippen MR) is 66.9 cm³/mol. The summed E-state index contributed by atoms with van der Waals surface area (Å²) in [5, 5.41) is 17.8. The average molecular weight is 277 g/mol. The van der Waals surface area contributed by atoms with Gasteiger partial charge in [0, 0.05) is 4.47 Å². The lowest BCUT2D eigenvalue weighted by Gasteiger charge is -2.23.